The highest BCUT2D eigenvalue weighted by atomic mass is 32.1. The van der Waals surface area contributed by atoms with E-state index in [1.165, 1.54) is 11.3 Å². The molecule has 2 aromatic rings. The Morgan fingerprint density at radius 1 is 1.60 bits per heavy atom. The Morgan fingerprint density at radius 3 is 3.20 bits per heavy atom. The van der Waals surface area contributed by atoms with Crippen molar-refractivity contribution >= 4 is 41.0 Å². The van der Waals surface area contributed by atoms with Crippen LogP contribution < -0.4 is 10.6 Å². The van der Waals surface area contributed by atoms with Gasteiger partial charge in [-0.25, -0.2) is 4.98 Å². The number of fused-ring (bicyclic) bond motifs is 1. The summed E-state index contributed by atoms with van der Waals surface area (Å²) in [5, 5.41) is 3.84. The summed E-state index contributed by atoms with van der Waals surface area (Å²) in [7, 11) is 0.0198. The Hall–Kier alpha value is -1.43. The maximum atomic E-state index is 10.9. The molecule has 5 heteroatoms. The molecule has 1 N–H and O–H groups in total. The number of hydrogen-bond donors (Lipinski definition) is 1. The summed E-state index contributed by atoms with van der Waals surface area (Å²) < 4.78 is 11.8. The molecule has 0 fully saturated rings. The fourth-order valence-corrected chi connectivity index (χ4v) is 2.62. The molecule has 1 aromatic carbocycles. The lowest BCUT2D eigenvalue weighted by Crippen LogP contribution is -2.01. The summed E-state index contributed by atoms with van der Waals surface area (Å²) in [6, 6.07) is 3.66. The van der Waals surface area contributed by atoms with E-state index < -0.39 is 0 Å². The van der Waals surface area contributed by atoms with Crippen LogP contribution in [-0.2, 0) is 4.57 Å². The molecule has 1 aromatic heterocycles. The smallest absolute Gasteiger partial charge is 0.193 e. The molecule has 2 rings (SSSR count). The second-order valence-electron chi connectivity index (χ2n) is 2.81. The molecule has 0 aliphatic heterocycles. The second-order valence-corrected chi connectivity index (χ2v) is 4.33. The number of rotatable bonds is 3. The van der Waals surface area contributed by atoms with Crippen molar-refractivity contribution in [1.82, 2.24) is 4.98 Å². The molecule has 3 nitrogen and oxygen atoms in total. The number of benzene rings is 1. The molecule has 0 saturated heterocycles. The zero-order chi connectivity index (χ0) is 10.7. The number of aromatic nitrogens is 1. The van der Waals surface area contributed by atoms with Gasteiger partial charge in [-0.1, -0.05) is 5.92 Å². The normalized spacial score (nSPS) is 10.3. The summed E-state index contributed by atoms with van der Waals surface area (Å²) in [6.45, 7) is 0.459. The van der Waals surface area contributed by atoms with Crippen LogP contribution in [0.5, 0.6) is 0 Å². The van der Waals surface area contributed by atoms with Crippen molar-refractivity contribution in [3.05, 3.63) is 17.6 Å². The van der Waals surface area contributed by atoms with E-state index >= 15 is 0 Å². The Labute approximate surface area is 92.7 Å². The third-order valence-electron chi connectivity index (χ3n) is 1.94. The minimum Gasteiger partial charge on any atom is -0.372 e. The van der Waals surface area contributed by atoms with E-state index in [9.17, 15) is 4.57 Å². The fourth-order valence-electron chi connectivity index (χ4n) is 1.30. The summed E-state index contributed by atoms with van der Waals surface area (Å²) in [6.07, 6.45) is 5.17. The van der Waals surface area contributed by atoms with Gasteiger partial charge in [-0.15, -0.1) is 17.8 Å². The van der Waals surface area contributed by atoms with Crippen LogP contribution in [0.15, 0.2) is 17.6 Å². The van der Waals surface area contributed by atoms with Gasteiger partial charge in [0.25, 0.3) is 0 Å². The number of terminal acetylenes is 1. The zero-order valence-corrected chi connectivity index (χ0v) is 9.44. The average Bonchev–Trinajstić information content (AvgIpc) is 2.74. The highest BCUT2D eigenvalue weighted by molar-refractivity contribution is 7.37. The number of nitrogens with zero attached hydrogens (tertiary/aromatic N) is 1. The summed E-state index contributed by atoms with van der Waals surface area (Å²) in [4.78, 5) is 4.22. The minimum atomic E-state index is 0.0198. The van der Waals surface area contributed by atoms with Gasteiger partial charge in [0, 0.05) is 0 Å². The Morgan fingerprint density at radius 2 is 2.47 bits per heavy atom. The van der Waals surface area contributed by atoms with Crippen LogP contribution in [-0.4, -0.2) is 11.5 Å². The fraction of sp³-hybridized carbons (Fsp3) is 0.100. The molecule has 0 atom stereocenters. The van der Waals surface area contributed by atoms with Crippen LogP contribution in [0.2, 0.25) is 0 Å². The van der Waals surface area contributed by atoms with Crippen molar-refractivity contribution in [2.24, 2.45) is 0 Å². The number of anilines is 1. The van der Waals surface area contributed by atoms with Crippen molar-refractivity contribution in [3.8, 4) is 12.3 Å². The van der Waals surface area contributed by atoms with Gasteiger partial charge >= 0.3 is 0 Å². The van der Waals surface area contributed by atoms with Gasteiger partial charge in [0.05, 0.1) is 27.7 Å². The van der Waals surface area contributed by atoms with Crippen molar-refractivity contribution in [3.63, 3.8) is 0 Å². The first-order chi connectivity index (χ1) is 7.36. The van der Waals surface area contributed by atoms with Crippen LogP contribution in [0.25, 0.3) is 10.2 Å². The largest absolute Gasteiger partial charge is 0.372 e. The number of hydrogen-bond acceptors (Lipinski definition) is 4. The molecule has 0 aliphatic rings. The summed E-state index contributed by atoms with van der Waals surface area (Å²) >= 11 is 1.48. The highest BCUT2D eigenvalue weighted by Crippen LogP contribution is 2.25. The lowest BCUT2D eigenvalue weighted by molar-refractivity contribution is 0.603. The van der Waals surface area contributed by atoms with E-state index in [-0.39, 0.29) is 8.46 Å². The molecule has 0 amide bonds. The van der Waals surface area contributed by atoms with Gasteiger partial charge in [0.2, 0.25) is 0 Å². The van der Waals surface area contributed by atoms with Gasteiger partial charge in [0.15, 0.2) is 8.46 Å². The standard InChI is InChI=1S/C10H7N2OPS/c1-2-5-11-7-3-4-8(14-13)10-9(7)12-6-15-10/h1,3-4,6,11H,5H2. The Kier molecular flexibility index (Phi) is 2.96. The molecule has 0 radical (unpaired) electrons. The van der Waals surface area contributed by atoms with Crippen LogP contribution in [0, 0.1) is 12.3 Å². The van der Waals surface area contributed by atoms with Gasteiger partial charge in [-0.05, 0) is 12.1 Å². The van der Waals surface area contributed by atoms with Gasteiger partial charge < -0.3 is 5.32 Å². The predicted octanol–water partition coefficient (Wildman–Crippen LogP) is 2.26. The van der Waals surface area contributed by atoms with E-state index in [1.54, 1.807) is 5.51 Å². The minimum absolute atomic E-state index is 0.0198. The highest BCUT2D eigenvalue weighted by Gasteiger charge is 2.07. The van der Waals surface area contributed by atoms with E-state index in [2.05, 4.69) is 16.2 Å². The van der Waals surface area contributed by atoms with E-state index in [4.69, 9.17) is 6.42 Å². The molecule has 0 spiro atoms. The molecule has 0 unspecified atom stereocenters. The SMILES string of the molecule is C#CCNc1ccc(P=O)c2scnc12. The number of nitrogens with one attached hydrogen (secondary N) is 1. The quantitative estimate of drug-likeness (QED) is 0.654. The van der Waals surface area contributed by atoms with Crippen LogP contribution in [0.3, 0.4) is 0 Å². The molecule has 1 heterocycles. The third kappa shape index (κ3) is 1.85. The monoisotopic (exact) mass is 234 g/mol. The van der Waals surface area contributed by atoms with Crippen molar-refractivity contribution in [1.29, 1.82) is 0 Å². The van der Waals surface area contributed by atoms with Crippen molar-refractivity contribution in [2.45, 2.75) is 0 Å². The summed E-state index contributed by atoms with van der Waals surface area (Å²) in [5.74, 6) is 2.50. The molecule has 0 aliphatic carbocycles. The molecule has 0 bridgehead atoms. The first-order valence-electron chi connectivity index (χ1n) is 4.23. The van der Waals surface area contributed by atoms with Crippen LogP contribution >= 0.6 is 19.8 Å². The predicted molar refractivity (Wildman–Crippen MR) is 64.2 cm³/mol. The molecular formula is C10H7N2OPS. The lowest BCUT2D eigenvalue weighted by Gasteiger charge is -2.03. The van der Waals surface area contributed by atoms with Gasteiger partial charge in [0.1, 0.15) is 5.52 Å². The van der Waals surface area contributed by atoms with Crippen LogP contribution in [0.4, 0.5) is 5.69 Å². The first kappa shape index (κ1) is 10.1. The Balaban J connectivity index is 2.54. The van der Waals surface area contributed by atoms with Crippen molar-refractivity contribution < 1.29 is 4.57 Å². The van der Waals surface area contributed by atoms with Crippen LogP contribution in [0.1, 0.15) is 0 Å². The average molecular weight is 234 g/mol. The summed E-state index contributed by atoms with van der Waals surface area (Å²) in [5.41, 5.74) is 3.45. The lowest BCUT2D eigenvalue weighted by atomic mass is 10.3. The van der Waals surface area contributed by atoms with Gasteiger partial charge in [-0.2, -0.15) is 0 Å². The maximum absolute atomic E-state index is 10.9. The van der Waals surface area contributed by atoms with E-state index in [0.29, 0.717) is 6.54 Å². The van der Waals surface area contributed by atoms with Gasteiger partial charge in [-0.3, -0.25) is 4.57 Å². The first-order valence-corrected chi connectivity index (χ1v) is 5.93. The molecule has 15 heavy (non-hydrogen) atoms. The van der Waals surface area contributed by atoms with Crippen molar-refractivity contribution in [2.75, 3.05) is 11.9 Å². The third-order valence-corrected chi connectivity index (χ3v) is 3.52. The number of thiazole rings is 1. The second kappa shape index (κ2) is 4.39. The van der Waals surface area contributed by atoms with E-state index in [0.717, 1.165) is 21.2 Å². The maximum Gasteiger partial charge on any atom is 0.193 e. The zero-order valence-electron chi connectivity index (χ0n) is 7.73. The molecule has 74 valence electrons. The Bertz CT molecular complexity index is 544. The molecule has 0 saturated carbocycles. The van der Waals surface area contributed by atoms with E-state index in [1.807, 2.05) is 12.1 Å². The molecular weight excluding hydrogens is 227 g/mol. The topological polar surface area (TPSA) is 42.0 Å².